The van der Waals surface area contributed by atoms with Crippen molar-refractivity contribution < 1.29 is 24.2 Å². The van der Waals surface area contributed by atoms with Crippen LogP contribution in [0.1, 0.15) is 47.0 Å². The van der Waals surface area contributed by atoms with Crippen LogP contribution in [0.2, 0.25) is 0 Å². The number of carboxylic acids is 1. The number of ether oxygens (including phenoxy) is 2. The van der Waals surface area contributed by atoms with Crippen LogP contribution < -0.4 is 0 Å². The lowest BCUT2D eigenvalue weighted by atomic mass is 9.81. The molecule has 0 aromatic heterocycles. The molecule has 1 rings (SSSR count). The summed E-state index contributed by atoms with van der Waals surface area (Å²) in [6.07, 6.45) is 0.936. The molecule has 0 radical (unpaired) electrons. The summed E-state index contributed by atoms with van der Waals surface area (Å²) in [5.41, 5.74) is -1.18. The minimum atomic E-state index is -0.847. The first-order valence-electron chi connectivity index (χ1n) is 7.37. The number of hydrogen-bond acceptors (Lipinski definition) is 4. The van der Waals surface area contributed by atoms with Crippen molar-refractivity contribution >= 4 is 12.1 Å². The molecule has 122 valence electrons. The number of nitrogens with zero attached hydrogens (tertiary/aromatic N) is 1. The highest BCUT2D eigenvalue weighted by Gasteiger charge is 2.51. The van der Waals surface area contributed by atoms with Gasteiger partial charge in [0.1, 0.15) is 5.60 Å². The van der Waals surface area contributed by atoms with Gasteiger partial charge < -0.3 is 14.6 Å². The fraction of sp³-hybridized carbons (Fsp3) is 0.867. The number of rotatable bonds is 5. The molecule has 1 amide bonds. The highest BCUT2D eigenvalue weighted by Crippen LogP contribution is 2.41. The number of methoxy groups -OCH3 is 1. The van der Waals surface area contributed by atoms with E-state index in [1.807, 2.05) is 27.7 Å². The quantitative estimate of drug-likeness (QED) is 0.844. The van der Waals surface area contributed by atoms with Gasteiger partial charge in [0.05, 0.1) is 18.6 Å². The topological polar surface area (TPSA) is 76.1 Å². The van der Waals surface area contributed by atoms with Crippen LogP contribution in [0.25, 0.3) is 0 Å². The van der Waals surface area contributed by atoms with E-state index >= 15 is 0 Å². The van der Waals surface area contributed by atoms with Crippen LogP contribution in [0.15, 0.2) is 0 Å². The van der Waals surface area contributed by atoms with Gasteiger partial charge in [-0.05, 0) is 39.5 Å². The van der Waals surface area contributed by atoms with E-state index in [2.05, 4.69) is 0 Å². The normalized spacial score (nSPS) is 26.0. The third-order valence-electron chi connectivity index (χ3n) is 4.04. The molecule has 2 atom stereocenters. The van der Waals surface area contributed by atoms with Crippen molar-refractivity contribution in [1.82, 2.24) is 4.90 Å². The van der Waals surface area contributed by atoms with Gasteiger partial charge in [-0.3, -0.25) is 9.69 Å². The fourth-order valence-corrected chi connectivity index (χ4v) is 3.12. The molecule has 1 fully saturated rings. The molecular weight excluding hydrogens is 274 g/mol. The zero-order chi connectivity index (χ0) is 16.3. The Morgan fingerprint density at radius 1 is 1.38 bits per heavy atom. The Balaban J connectivity index is 3.02. The lowest BCUT2D eigenvalue weighted by Gasteiger charge is -2.41. The molecule has 0 aliphatic carbocycles. The van der Waals surface area contributed by atoms with Crippen LogP contribution >= 0.6 is 0 Å². The van der Waals surface area contributed by atoms with E-state index in [1.165, 1.54) is 0 Å². The molecule has 0 spiro atoms. The molecule has 0 saturated carbocycles. The summed E-state index contributed by atoms with van der Waals surface area (Å²) in [7, 11) is 1.57. The molecule has 21 heavy (non-hydrogen) atoms. The number of amides is 1. The Hall–Kier alpha value is -1.30. The SMILES string of the molecule is CC[C@@]1(COC)C(CC(=O)O)CCN1C(=O)OC(C)(C)C. The first-order valence-corrected chi connectivity index (χ1v) is 7.37. The van der Waals surface area contributed by atoms with Crippen LogP contribution in [-0.4, -0.2) is 53.5 Å². The van der Waals surface area contributed by atoms with E-state index in [-0.39, 0.29) is 12.3 Å². The zero-order valence-electron chi connectivity index (χ0n) is 13.6. The Kier molecular flexibility index (Phi) is 5.61. The second kappa shape index (κ2) is 6.64. The number of hydrogen-bond donors (Lipinski definition) is 1. The van der Waals surface area contributed by atoms with Crippen molar-refractivity contribution in [3.8, 4) is 0 Å². The molecule has 6 nitrogen and oxygen atoms in total. The first kappa shape index (κ1) is 17.8. The Labute approximate surface area is 126 Å². The van der Waals surface area contributed by atoms with Crippen LogP contribution in [0.3, 0.4) is 0 Å². The second-order valence-corrected chi connectivity index (χ2v) is 6.61. The number of carboxylic acid groups (broad SMARTS) is 1. The summed E-state index contributed by atoms with van der Waals surface area (Å²) in [5.74, 6) is -0.965. The highest BCUT2D eigenvalue weighted by molar-refractivity contribution is 5.71. The van der Waals surface area contributed by atoms with Gasteiger partial charge >= 0.3 is 12.1 Å². The third-order valence-corrected chi connectivity index (χ3v) is 4.04. The van der Waals surface area contributed by atoms with Crippen LogP contribution in [0.4, 0.5) is 4.79 Å². The first-order chi connectivity index (χ1) is 9.66. The Morgan fingerprint density at radius 2 is 2.00 bits per heavy atom. The average molecular weight is 301 g/mol. The standard InChI is InChI=1S/C15H27NO5/c1-6-15(10-20-5)11(9-12(17)18)7-8-16(15)13(19)21-14(2,3)4/h11H,6-10H2,1-5H3,(H,17,18)/t11?,15-/m1/s1. The molecule has 1 N–H and O–H groups in total. The molecule has 1 saturated heterocycles. The minimum Gasteiger partial charge on any atom is -0.481 e. The van der Waals surface area contributed by atoms with Crippen LogP contribution in [0, 0.1) is 5.92 Å². The van der Waals surface area contributed by atoms with Crippen molar-refractivity contribution in [2.45, 2.75) is 58.1 Å². The number of carbonyl (C=O) groups excluding carboxylic acids is 1. The van der Waals surface area contributed by atoms with Gasteiger partial charge in [0.25, 0.3) is 0 Å². The number of carbonyl (C=O) groups is 2. The van der Waals surface area contributed by atoms with E-state index in [9.17, 15) is 9.59 Å². The maximum absolute atomic E-state index is 12.4. The van der Waals surface area contributed by atoms with E-state index < -0.39 is 23.2 Å². The maximum atomic E-state index is 12.4. The van der Waals surface area contributed by atoms with Crippen molar-refractivity contribution in [3.05, 3.63) is 0 Å². The van der Waals surface area contributed by atoms with Crippen molar-refractivity contribution in [1.29, 1.82) is 0 Å². The molecule has 1 unspecified atom stereocenters. The smallest absolute Gasteiger partial charge is 0.410 e. The van der Waals surface area contributed by atoms with Crippen molar-refractivity contribution in [3.63, 3.8) is 0 Å². The summed E-state index contributed by atoms with van der Waals surface area (Å²) in [6, 6.07) is 0. The van der Waals surface area contributed by atoms with Gasteiger partial charge in [-0.25, -0.2) is 4.79 Å². The summed E-state index contributed by atoms with van der Waals surface area (Å²) < 4.78 is 10.8. The second-order valence-electron chi connectivity index (χ2n) is 6.61. The van der Waals surface area contributed by atoms with Crippen LogP contribution in [0.5, 0.6) is 0 Å². The lowest BCUT2D eigenvalue weighted by Crippen LogP contribution is -2.55. The predicted molar refractivity (Wildman–Crippen MR) is 78.2 cm³/mol. The molecule has 1 aliphatic heterocycles. The third kappa shape index (κ3) is 4.09. The molecule has 0 aromatic carbocycles. The van der Waals surface area contributed by atoms with Gasteiger partial charge in [-0.15, -0.1) is 0 Å². The molecule has 0 aromatic rings. The largest absolute Gasteiger partial charge is 0.481 e. The van der Waals surface area contributed by atoms with Crippen molar-refractivity contribution in [2.75, 3.05) is 20.3 Å². The number of aliphatic carboxylic acids is 1. The fourth-order valence-electron chi connectivity index (χ4n) is 3.12. The lowest BCUT2D eigenvalue weighted by molar-refractivity contribution is -0.139. The van der Waals surface area contributed by atoms with E-state index in [0.29, 0.717) is 26.0 Å². The molecule has 6 heteroatoms. The molecule has 1 aliphatic rings. The highest BCUT2D eigenvalue weighted by atomic mass is 16.6. The Morgan fingerprint density at radius 3 is 2.43 bits per heavy atom. The summed E-state index contributed by atoms with van der Waals surface area (Å²) in [5, 5.41) is 9.11. The maximum Gasteiger partial charge on any atom is 0.410 e. The van der Waals surface area contributed by atoms with Gasteiger partial charge in [-0.2, -0.15) is 0 Å². The van der Waals surface area contributed by atoms with E-state index in [0.717, 1.165) is 0 Å². The monoisotopic (exact) mass is 301 g/mol. The summed E-state index contributed by atoms with van der Waals surface area (Å²) >= 11 is 0. The van der Waals surface area contributed by atoms with Gasteiger partial charge in [-0.1, -0.05) is 6.92 Å². The molecular formula is C15H27NO5. The average Bonchev–Trinajstić information content (AvgIpc) is 2.66. The molecule has 1 heterocycles. The van der Waals surface area contributed by atoms with E-state index in [1.54, 1.807) is 12.0 Å². The van der Waals surface area contributed by atoms with E-state index in [4.69, 9.17) is 14.6 Å². The predicted octanol–water partition coefficient (Wildman–Crippen LogP) is 2.51. The Bertz CT molecular complexity index is 390. The minimum absolute atomic E-state index is 0.0382. The van der Waals surface area contributed by atoms with Gasteiger partial charge in [0.15, 0.2) is 0 Å². The number of likely N-dealkylation sites (tertiary alicyclic amines) is 1. The molecule has 0 bridgehead atoms. The van der Waals surface area contributed by atoms with Crippen LogP contribution in [-0.2, 0) is 14.3 Å². The zero-order valence-corrected chi connectivity index (χ0v) is 13.6. The van der Waals surface area contributed by atoms with Crippen molar-refractivity contribution in [2.24, 2.45) is 5.92 Å². The summed E-state index contributed by atoms with van der Waals surface area (Å²) in [4.78, 5) is 25.2. The van der Waals surface area contributed by atoms with Gasteiger partial charge in [0, 0.05) is 13.7 Å². The summed E-state index contributed by atoms with van der Waals surface area (Å²) in [6.45, 7) is 8.24. The van der Waals surface area contributed by atoms with Gasteiger partial charge in [0.2, 0.25) is 0 Å².